The minimum Gasteiger partial charge on any atom is -0.474 e. The minimum atomic E-state index is -0.584. The predicted molar refractivity (Wildman–Crippen MR) is 159 cm³/mol. The lowest BCUT2D eigenvalue weighted by Gasteiger charge is -2.36. The van der Waals surface area contributed by atoms with Gasteiger partial charge in [-0.05, 0) is 69.0 Å². The first-order valence-electron chi connectivity index (χ1n) is 13.5. The number of carbonyl (C=O) groups is 1. The smallest absolute Gasteiger partial charge is 0.340 e. The molecule has 0 saturated heterocycles. The third-order valence-corrected chi connectivity index (χ3v) is 9.28. The van der Waals surface area contributed by atoms with E-state index >= 15 is 0 Å². The Hall–Kier alpha value is -2.91. The summed E-state index contributed by atoms with van der Waals surface area (Å²) in [5.74, 6) is 1.41. The molecular weight excluding hydrogens is 510 g/mol. The molecule has 0 bridgehead atoms. The van der Waals surface area contributed by atoms with Crippen LogP contribution in [0.4, 0.5) is 11.6 Å². The van der Waals surface area contributed by atoms with Crippen LogP contribution in [0.1, 0.15) is 89.8 Å². The quantitative estimate of drug-likeness (QED) is 0.288. The summed E-state index contributed by atoms with van der Waals surface area (Å²) >= 11 is 1.82. The van der Waals surface area contributed by atoms with Crippen molar-refractivity contribution in [2.24, 2.45) is 5.73 Å². The Balaban J connectivity index is 1.73. The van der Waals surface area contributed by atoms with Gasteiger partial charge in [-0.25, -0.2) is 19.7 Å². The fourth-order valence-electron chi connectivity index (χ4n) is 4.81. The Bertz CT molecular complexity index is 1390. The maximum Gasteiger partial charge on any atom is 0.340 e. The fourth-order valence-corrected chi connectivity index (χ4v) is 5.21. The second-order valence-electron chi connectivity index (χ2n) is 11.9. The van der Waals surface area contributed by atoms with Gasteiger partial charge in [0.25, 0.3) is 0 Å². The standard InChI is InChI=1S/C30H41N5O3S/c1-10-30(8,31)22-16-33-26(37-17(2)14-28(4,5)39-9)21-15-32-24(13-20(21)22)34-23-12-11-19-25(35-23)29(6,7)18(3)38-27(19)36/h11-13,15-18H,10,14,31H2,1-9H3,(H,32,34,35)/t17-,18+,30-/m1/s1. The molecule has 0 aliphatic carbocycles. The average Bonchev–Trinajstić information content (AvgIpc) is 2.87. The zero-order chi connectivity index (χ0) is 28.8. The predicted octanol–water partition coefficient (Wildman–Crippen LogP) is 6.49. The van der Waals surface area contributed by atoms with Gasteiger partial charge in [-0.2, -0.15) is 11.8 Å². The molecule has 3 N–H and O–H groups in total. The lowest BCUT2D eigenvalue weighted by atomic mass is 9.79. The lowest BCUT2D eigenvalue weighted by Crippen LogP contribution is -2.42. The van der Waals surface area contributed by atoms with Crippen LogP contribution in [0.2, 0.25) is 0 Å². The number of nitrogens with zero attached hydrogens (tertiary/aromatic N) is 3. The van der Waals surface area contributed by atoms with Crippen molar-refractivity contribution in [3.8, 4) is 5.88 Å². The van der Waals surface area contributed by atoms with E-state index < -0.39 is 11.0 Å². The summed E-state index contributed by atoms with van der Waals surface area (Å²) in [6.07, 6.45) is 7.02. The largest absolute Gasteiger partial charge is 0.474 e. The molecule has 3 aromatic rings. The topological polar surface area (TPSA) is 112 Å². The van der Waals surface area contributed by atoms with Crippen molar-refractivity contribution in [2.45, 2.75) is 96.1 Å². The molecule has 8 nitrogen and oxygen atoms in total. The van der Waals surface area contributed by atoms with Gasteiger partial charge in [0.2, 0.25) is 5.88 Å². The Labute approximate surface area is 235 Å². The number of rotatable bonds is 9. The van der Waals surface area contributed by atoms with Crippen LogP contribution in [0.3, 0.4) is 0 Å². The first-order valence-corrected chi connectivity index (χ1v) is 14.7. The molecular formula is C30H41N5O3S. The first kappa shape index (κ1) is 29.1. The molecule has 3 aromatic heterocycles. The van der Waals surface area contributed by atoms with Gasteiger partial charge in [0, 0.05) is 28.1 Å². The number of hydrogen-bond donors (Lipinski definition) is 2. The highest BCUT2D eigenvalue weighted by Gasteiger charge is 2.41. The third kappa shape index (κ3) is 5.84. The summed E-state index contributed by atoms with van der Waals surface area (Å²) in [6, 6.07) is 5.50. The highest BCUT2D eigenvalue weighted by molar-refractivity contribution is 7.99. The normalized spacial score (nSPS) is 19.1. The SMILES string of the molecule is CC[C@@](C)(N)c1cnc(O[C@H](C)CC(C)(C)SC)c2cnc(Nc3ccc4c(n3)C(C)(C)[C@H](C)OC4=O)cc12. The molecule has 0 saturated carbocycles. The Kier molecular flexibility index (Phi) is 7.89. The number of pyridine rings is 3. The van der Waals surface area contributed by atoms with Crippen molar-refractivity contribution < 1.29 is 14.3 Å². The summed E-state index contributed by atoms with van der Waals surface area (Å²) in [4.78, 5) is 26.6. The third-order valence-electron chi connectivity index (χ3n) is 8.01. The van der Waals surface area contributed by atoms with Crippen LogP contribution in [0.15, 0.2) is 30.6 Å². The molecule has 39 heavy (non-hydrogen) atoms. The highest BCUT2D eigenvalue weighted by atomic mass is 32.2. The number of cyclic esters (lactones) is 1. The second-order valence-corrected chi connectivity index (χ2v) is 13.5. The number of aromatic nitrogens is 3. The van der Waals surface area contributed by atoms with Crippen molar-refractivity contribution in [3.63, 3.8) is 0 Å². The second kappa shape index (κ2) is 10.6. The highest BCUT2D eigenvalue weighted by Crippen LogP contribution is 2.38. The first-order chi connectivity index (χ1) is 18.2. The zero-order valence-electron chi connectivity index (χ0n) is 24.5. The molecule has 210 valence electrons. The van der Waals surface area contributed by atoms with E-state index in [-0.39, 0.29) is 22.9 Å². The zero-order valence-corrected chi connectivity index (χ0v) is 25.3. The van der Waals surface area contributed by atoms with Gasteiger partial charge in [-0.1, -0.05) is 34.6 Å². The number of esters is 1. The molecule has 0 unspecified atom stereocenters. The number of thioether (sulfide) groups is 1. The molecule has 0 fully saturated rings. The Morgan fingerprint density at radius 1 is 1.18 bits per heavy atom. The van der Waals surface area contributed by atoms with Crippen molar-refractivity contribution >= 4 is 40.1 Å². The van der Waals surface area contributed by atoms with E-state index in [0.29, 0.717) is 28.8 Å². The minimum absolute atomic E-state index is 0.0284. The molecule has 9 heteroatoms. The van der Waals surface area contributed by atoms with Crippen LogP contribution in [-0.2, 0) is 15.7 Å². The number of hydrogen-bond acceptors (Lipinski definition) is 9. The van der Waals surface area contributed by atoms with E-state index in [1.165, 1.54) is 0 Å². The van der Waals surface area contributed by atoms with E-state index in [2.05, 4.69) is 49.2 Å². The van der Waals surface area contributed by atoms with Gasteiger partial charge in [0.05, 0.1) is 22.7 Å². The summed E-state index contributed by atoms with van der Waals surface area (Å²) in [5.41, 5.74) is 7.83. The van der Waals surface area contributed by atoms with Crippen LogP contribution in [0.5, 0.6) is 5.88 Å². The fraction of sp³-hybridized carbons (Fsp3) is 0.533. The summed E-state index contributed by atoms with van der Waals surface area (Å²) in [7, 11) is 0. The number of nitrogens with two attached hydrogens (primary N) is 1. The van der Waals surface area contributed by atoms with Gasteiger partial charge >= 0.3 is 5.97 Å². The van der Waals surface area contributed by atoms with E-state index in [1.54, 1.807) is 18.3 Å². The van der Waals surface area contributed by atoms with Crippen LogP contribution in [0, 0.1) is 0 Å². The van der Waals surface area contributed by atoms with Crippen LogP contribution in [-0.4, -0.2) is 44.1 Å². The maximum atomic E-state index is 12.4. The molecule has 1 aliphatic rings. The van der Waals surface area contributed by atoms with Crippen LogP contribution in [0.25, 0.3) is 10.8 Å². The summed E-state index contributed by atoms with van der Waals surface area (Å²) in [6.45, 7) is 16.5. The van der Waals surface area contributed by atoms with Crippen molar-refractivity contribution in [1.29, 1.82) is 0 Å². The van der Waals surface area contributed by atoms with Crippen molar-refractivity contribution in [3.05, 3.63) is 47.4 Å². The molecule has 0 spiro atoms. The van der Waals surface area contributed by atoms with Crippen molar-refractivity contribution in [1.82, 2.24) is 15.0 Å². The monoisotopic (exact) mass is 551 g/mol. The average molecular weight is 552 g/mol. The van der Waals surface area contributed by atoms with Gasteiger partial charge in [0.1, 0.15) is 17.7 Å². The Morgan fingerprint density at radius 2 is 1.90 bits per heavy atom. The number of nitrogens with one attached hydrogen (secondary N) is 1. The van der Waals surface area contributed by atoms with E-state index in [9.17, 15) is 4.79 Å². The van der Waals surface area contributed by atoms with Gasteiger partial charge in [-0.3, -0.25) is 0 Å². The van der Waals surface area contributed by atoms with Crippen LogP contribution >= 0.6 is 11.8 Å². The lowest BCUT2D eigenvalue weighted by molar-refractivity contribution is 0.00864. The maximum absolute atomic E-state index is 12.4. The summed E-state index contributed by atoms with van der Waals surface area (Å²) in [5, 5.41) is 5.07. The van der Waals surface area contributed by atoms with E-state index in [4.69, 9.17) is 20.2 Å². The summed E-state index contributed by atoms with van der Waals surface area (Å²) < 4.78 is 12.0. The van der Waals surface area contributed by atoms with Crippen molar-refractivity contribution in [2.75, 3.05) is 11.6 Å². The molecule has 0 aromatic carbocycles. The van der Waals surface area contributed by atoms with E-state index in [0.717, 1.165) is 29.2 Å². The molecule has 3 atom stereocenters. The van der Waals surface area contributed by atoms with Gasteiger partial charge < -0.3 is 20.5 Å². The molecule has 4 rings (SSSR count). The van der Waals surface area contributed by atoms with Gasteiger partial charge in [0.15, 0.2) is 0 Å². The molecule has 1 aliphatic heterocycles. The molecule has 0 radical (unpaired) electrons. The molecule has 0 amide bonds. The van der Waals surface area contributed by atoms with E-state index in [1.807, 2.05) is 51.7 Å². The number of ether oxygens (including phenoxy) is 2. The van der Waals surface area contributed by atoms with Gasteiger partial charge in [-0.15, -0.1) is 0 Å². The molecule has 4 heterocycles. The number of fused-ring (bicyclic) bond motifs is 2. The Morgan fingerprint density at radius 3 is 2.56 bits per heavy atom. The van der Waals surface area contributed by atoms with Crippen LogP contribution < -0.4 is 15.8 Å². The number of carbonyl (C=O) groups excluding carboxylic acids is 1. The number of anilines is 2.